The van der Waals surface area contributed by atoms with Crippen LogP contribution < -0.4 is 15.4 Å². The lowest BCUT2D eigenvalue weighted by Gasteiger charge is -2.15. The first-order chi connectivity index (χ1) is 11.0. The quantitative estimate of drug-likeness (QED) is 0.781. The van der Waals surface area contributed by atoms with Crippen LogP contribution in [0, 0.1) is 0 Å². The highest BCUT2D eigenvalue weighted by Gasteiger charge is 2.06. The minimum Gasteiger partial charge on any atom is -0.489 e. The molecule has 0 aliphatic heterocycles. The summed E-state index contributed by atoms with van der Waals surface area (Å²) in [5.41, 5.74) is 0.888. The molecular formula is C17H25N5O. The maximum Gasteiger partial charge on any atom is 0.143 e. The Bertz CT molecular complexity index is 615. The molecule has 2 N–H and O–H groups in total. The number of hydrogen-bond donors (Lipinski definition) is 2. The fourth-order valence-electron chi connectivity index (χ4n) is 1.99. The van der Waals surface area contributed by atoms with Crippen molar-refractivity contribution in [2.24, 2.45) is 0 Å². The summed E-state index contributed by atoms with van der Waals surface area (Å²) in [6, 6.07) is 9.73. The predicted molar refractivity (Wildman–Crippen MR) is 94.6 cm³/mol. The van der Waals surface area contributed by atoms with Gasteiger partial charge in [-0.3, -0.25) is 0 Å². The summed E-state index contributed by atoms with van der Waals surface area (Å²) in [4.78, 5) is 10.6. The smallest absolute Gasteiger partial charge is 0.143 e. The van der Waals surface area contributed by atoms with E-state index >= 15 is 0 Å². The lowest BCUT2D eigenvalue weighted by molar-refractivity contribution is 0.244. The fraction of sp³-hybridized carbons (Fsp3) is 0.412. The second-order valence-corrected chi connectivity index (χ2v) is 5.81. The Morgan fingerprint density at radius 3 is 2.61 bits per heavy atom. The standard InChI is InChI=1S/C17H25N5O/c1-13(2)23-15-8-6-5-7-14(15)21-17-11-16(19-12-20-17)18-9-10-22(3)4/h5-8,11-13H,9-10H2,1-4H3,(H2,18,19,20,21). The zero-order chi connectivity index (χ0) is 16.7. The van der Waals surface area contributed by atoms with Crippen LogP contribution in [0.25, 0.3) is 0 Å². The van der Waals surface area contributed by atoms with Crippen molar-refractivity contribution in [1.82, 2.24) is 14.9 Å². The first-order valence-electron chi connectivity index (χ1n) is 7.78. The van der Waals surface area contributed by atoms with Crippen LogP contribution in [0.4, 0.5) is 17.3 Å². The largest absolute Gasteiger partial charge is 0.489 e. The van der Waals surface area contributed by atoms with Crippen LogP contribution in [-0.4, -0.2) is 48.2 Å². The van der Waals surface area contributed by atoms with Crippen molar-refractivity contribution in [3.05, 3.63) is 36.7 Å². The van der Waals surface area contributed by atoms with Gasteiger partial charge in [0.05, 0.1) is 11.8 Å². The van der Waals surface area contributed by atoms with E-state index < -0.39 is 0 Å². The fourth-order valence-corrected chi connectivity index (χ4v) is 1.99. The molecule has 23 heavy (non-hydrogen) atoms. The van der Waals surface area contributed by atoms with Gasteiger partial charge in [0.15, 0.2) is 0 Å². The van der Waals surface area contributed by atoms with Gasteiger partial charge in [-0.15, -0.1) is 0 Å². The molecule has 0 atom stereocenters. The van der Waals surface area contributed by atoms with E-state index in [1.54, 1.807) is 6.33 Å². The Morgan fingerprint density at radius 1 is 1.13 bits per heavy atom. The number of nitrogens with zero attached hydrogens (tertiary/aromatic N) is 3. The molecule has 1 aromatic carbocycles. The third-order valence-corrected chi connectivity index (χ3v) is 3.04. The summed E-state index contributed by atoms with van der Waals surface area (Å²) in [5.74, 6) is 2.34. The molecule has 0 bridgehead atoms. The molecule has 1 aromatic heterocycles. The maximum atomic E-state index is 5.81. The zero-order valence-corrected chi connectivity index (χ0v) is 14.2. The number of hydrogen-bond acceptors (Lipinski definition) is 6. The molecule has 6 nitrogen and oxygen atoms in total. The van der Waals surface area contributed by atoms with E-state index in [0.717, 1.165) is 36.2 Å². The summed E-state index contributed by atoms with van der Waals surface area (Å²) < 4.78 is 5.81. The Kier molecular flexibility index (Phi) is 6.17. The van der Waals surface area contributed by atoms with Crippen molar-refractivity contribution >= 4 is 17.3 Å². The van der Waals surface area contributed by atoms with Crippen molar-refractivity contribution in [3.63, 3.8) is 0 Å². The van der Waals surface area contributed by atoms with Gasteiger partial charge >= 0.3 is 0 Å². The topological polar surface area (TPSA) is 62.3 Å². The van der Waals surface area contributed by atoms with E-state index in [0.29, 0.717) is 0 Å². The number of likely N-dealkylation sites (N-methyl/N-ethyl adjacent to an activating group) is 1. The summed E-state index contributed by atoms with van der Waals surface area (Å²) in [7, 11) is 4.08. The molecule has 0 unspecified atom stereocenters. The molecule has 0 fully saturated rings. The Balaban J connectivity index is 2.06. The average Bonchev–Trinajstić information content (AvgIpc) is 2.49. The van der Waals surface area contributed by atoms with E-state index in [9.17, 15) is 0 Å². The number of rotatable bonds is 8. The summed E-state index contributed by atoms with van der Waals surface area (Å²) in [5, 5.41) is 6.58. The van der Waals surface area contributed by atoms with E-state index in [2.05, 4.69) is 25.5 Å². The Hall–Kier alpha value is -2.34. The monoisotopic (exact) mass is 315 g/mol. The summed E-state index contributed by atoms with van der Waals surface area (Å²) in [6.45, 7) is 5.79. The average molecular weight is 315 g/mol. The number of para-hydroxylation sites is 2. The van der Waals surface area contributed by atoms with Crippen LogP contribution in [0.2, 0.25) is 0 Å². The van der Waals surface area contributed by atoms with Crippen molar-refractivity contribution < 1.29 is 4.74 Å². The van der Waals surface area contributed by atoms with Crippen LogP contribution in [0.3, 0.4) is 0 Å². The molecule has 0 saturated carbocycles. The molecule has 0 aliphatic carbocycles. The van der Waals surface area contributed by atoms with Crippen LogP contribution in [0.15, 0.2) is 36.7 Å². The predicted octanol–water partition coefficient (Wildman–Crippen LogP) is 2.98. The van der Waals surface area contributed by atoms with Gasteiger partial charge < -0.3 is 20.3 Å². The van der Waals surface area contributed by atoms with Crippen molar-refractivity contribution in [3.8, 4) is 5.75 Å². The SMILES string of the molecule is CC(C)Oc1ccccc1Nc1cc(NCCN(C)C)ncn1. The lowest BCUT2D eigenvalue weighted by atomic mass is 10.3. The molecule has 0 aliphatic rings. The Morgan fingerprint density at radius 2 is 1.87 bits per heavy atom. The third-order valence-electron chi connectivity index (χ3n) is 3.04. The number of ether oxygens (including phenoxy) is 1. The third kappa shape index (κ3) is 5.75. The van der Waals surface area contributed by atoms with Crippen molar-refractivity contribution in [1.29, 1.82) is 0 Å². The minimum absolute atomic E-state index is 0.117. The molecule has 1 heterocycles. The number of aromatic nitrogens is 2. The van der Waals surface area contributed by atoms with E-state index in [4.69, 9.17) is 4.74 Å². The van der Waals surface area contributed by atoms with Gasteiger partial charge in [0.2, 0.25) is 0 Å². The Labute approximate surface area is 137 Å². The highest BCUT2D eigenvalue weighted by molar-refractivity contribution is 5.65. The molecule has 2 aromatic rings. The van der Waals surface area contributed by atoms with E-state index in [-0.39, 0.29) is 6.10 Å². The highest BCUT2D eigenvalue weighted by atomic mass is 16.5. The maximum absolute atomic E-state index is 5.81. The second kappa shape index (κ2) is 8.33. The zero-order valence-electron chi connectivity index (χ0n) is 14.2. The molecule has 6 heteroatoms. The molecule has 124 valence electrons. The van der Waals surface area contributed by atoms with Crippen LogP contribution in [0.5, 0.6) is 5.75 Å². The highest BCUT2D eigenvalue weighted by Crippen LogP contribution is 2.27. The second-order valence-electron chi connectivity index (χ2n) is 5.81. The molecule has 0 saturated heterocycles. The molecule has 2 rings (SSSR count). The van der Waals surface area contributed by atoms with E-state index in [1.165, 1.54) is 0 Å². The first-order valence-corrected chi connectivity index (χ1v) is 7.78. The van der Waals surface area contributed by atoms with Crippen molar-refractivity contribution in [2.75, 3.05) is 37.8 Å². The van der Waals surface area contributed by atoms with Crippen LogP contribution in [-0.2, 0) is 0 Å². The van der Waals surface area contributed by atoms with Gasteiger partial charge in [0.25, 0.3) is 0 Å². The normalized spacial score (nSPS) is 10.9. The van der Waals surface area contributed by atoms with Crippen LogP contribution in [0.1, 0.15) is 13.8 Å². The van der Waals surface area contributed by atoms with Crippen LogP contribution >= 0.6 is 0 Å². The number of benzene rings is 1. The summed E-state index contributed by atoms with van der Waals surface area (Å²) in [6.07, 6.45) is 1.67. The molecule has 0 amide bonds. The minimum atomic E-state index is 0.117. The van der Waals surface area contributed by atoms with E-state index in [1.807, 2.05) is 58.3 Å². The van der Waals surface area contributed by atoms with Gasteiger partial charge in [-0.25, -0.2) is 9.97 Å². The van der Waals surface area contributed by atoms with Gasteiger partial charge in [0.1, 0.15) is 23.7 Å². The van der Waals surface area contributed by atoms with Gasteiger partial charge in [0, 0.05) is 19.2 Å². The summed E-state index contributed by atoms with van der Waals surface area (Å²) >= 11 is 0. The first kappa shape index (κ1) is 17.0. The lowest BCUT2D eigenvalue weighted by Crippen LogP contribution is -2.21. The van der Waals surface area contributed by atoms with Gasteiger partial charge in [-0.2, -0.15) is 0 Å². The van der Waals surface area contributed by atoms with Crippen molar-refractivity contribution in [2.45, 2.75) is 20.0 Å². The van der Waals surface area contributed by atoms with Gasteiger partial charge in [-0.05, 0) is 40.1 Å². The van der Waals surface area contributed by atoms with Gasteiger partial charge in [-0.1, -0.05) is 12.1 Å². The number of anilines is 3. The molecule has 0 radical (unpaired) electrons. The number of nitrogens with one attached hydrogen (secondary N) is 2. The molecular weight excluding hydrogens is 290 g/mol. The molecule has 0 spiro atoms.